The molecule has 0 fully saturated rings. The highest BCUT2D eigenvalue weighted by Crippen LogP contribution is 2.25. The molecule has 1 aliphatic rings. The minimum Gasteiger partial charge on any atom is -0.484 e. The first-order valence-corrected chi connectivity index (χ1v) is 13.8. The molecule has 1 aliphatic heterocycles. The molecule has 2 heterocycles. The standard InChI is InChI=1S/C30H39N5O3/c36-29(23-38-27-11-5-4-6-12-27)35-19-9-3-1-2-7-15-31-22-26-21-25(13-14-28(26)35)30(37)33-16-8-10-18-34-20-17-32-24-34/h4-6,11-14,17,20-21,24,31H,1-3,7-10,15-16,18-19,22-23H2,(H,33,37). The summed E-state index contributed by atoms with van der Waals surface area (Å²) in [6, 6.07) is 15.1. The van der Waals surface area contributed by atoms with Crippen LogP contribution in [-0.4, -0.2) is 47.6 Å². The Hall–Kier alpha value is -3.65. The number of ether oxygens (including phenoxy) is 1. The van der Waals surface area contributed by atoms with Crippen LogP contribution in [0.25, 0.3) is 0 Å². The van der Waals surface area contributed by atoms with Crippen molar-refractivity contribution in [2.75, 3.05) is 31.1 Å². The lowest BCUT2D eigenvalue weighted by Gasteiger charge is -2.26. The molecule has 1 aromatic heterocycles. The maximum atomic E-state index is 13.4. The maximum absolute atomic E-state index is 13.4. The summed E-state index contributed by atoms with van der Waals surface area (Å²) in [6.07, 6.45) is 12.9. The largest absolute Gasteiger partial charge is 0.484 e. The Morgan fingerprint density at radius 3 is 2.68 bits per heavy atom. The summed E-state index contributed by atoms with van der Waals surface area (Å²) < 4.78 is 7.82. The Morgan fingerprint density at radius 1 is 1.00 bits per heavy atom. The van der Waals surface area contributed by atoms with Crippen molar-refractivity contribution in [3.8, 4) is 5.75 Å². The van der Waals surface area contributed by atoms with E-state index in [4.69, 9.17) is 4.74 Å². The maximum Gasteiger partial charge on any atom is 0.264 e. The topological polar surface area (TPSA) is 88.5 Å². The van der Waals surface area contributed by atoms with Crippen molar-refractivity contribution in [3.63, 3.8) is 0 Å². The van der Waals surface area contributed by atoms with E-state index in [1.165, 1.54) is 12.8 Å². The molecule has 0 saturated carbocycles. The van der Waals surface area contributed by atoms with Crippen molar-refractivity contribution in [2.24, 2.45) is 0 Å². The summed E-state index contributed by atoms with van der Waals surface area (Å²) in [5.74, 6) is 0.503. The van der Waals surface area contributed by atoms with Crippen LogP contribution in [0.3, 0.4) is 0 Å². The lowest BCUT2D eigenvalue weighted by molar-refractivity contribution is -0.120. The van der Waals surface area contributed by atoms with Gasteiger partial charge in [-0.3, -0.25) is 9.59 Å². The van der Waals surface area contributed by atoms with Gasteiger partial charge in [-0.05, 0) is 68.1 Å². The van der Waals surface area contributed by atoms with Gasteiger partial charge in [0.2, 0.25) is 0 Å². The quantitative estimate of drug-likeness (QED) is 0.406. The number of nitrogens with zero attached hydrogens (tertiary/aromatic N) is 3. The number of hydrogen-bond donors (Lipinski definition) is 2. The van der Waals surface area contributed by atoms with Crippen LogP contribution in [0.2, 0.25) is 0 Å². The van der Waals surface area contributed by atoms with E-state index in [9.17, 15) is 9.59 Å². The number of unbranched alkanes of at least 4 members (excludes halogenated alkanes) is 1. The minimum absolute atomic E-state index is 0.0296. The van der Waals surface area contributed by atoms with Gasteiger partial charge in [-0.15, -0.1) is 0 Å². The fraction of sp³-hybridized carbons (Fsp3) is 0.433. The van der Waals surface area contributed by atoms with Crippen molar-refractivity contribution in [3.05, 3.63) is 78.4 Å². The molecule has 0 atom stereocenters. The monoisotopic (exact) mass is 517 g/mol. The van der Waals surface area contributed by atoms with Gasteiger partial charge in [0.25, 0.3) is 11.8 Å². The second-order valence-corrected chi connectivity index (χ2v) is 9.70. The van der Waals surface area contributed by atoms with Crippen molar-refractivity contribution < 1.29 is 14.3 Å². The Morgan fingerprint density at radius 2 is 1.84 bits per heavy atom. The zero-order chi connectivity index (χ0) is 26.4. The van der Waals surface area contributed by atoms with E-state index >= 15 is 0 Å². The smallest absolute Gasteiger partial charge is 0.264 e. The lowest BCUT2D eigenvalue weighted by Crippen LogP contribution is -2.37. The SMILES string of the molecule is O=C(NCCCCn1ccnc1)c1ccc2c(c1)CNCCCCCCCN2C(=O)COc1ccccc1. The molecule has 8 nitrogen and oxygen atoms in total. The van der Waals surface area contributed by atoms with E-state index < -0.39 is 0 Å². The first kappa shape index (κ1) is 27.4. The molecule has 0 bridgehead atoms. The van der Waals surface area contributed by atoms with E-state index in [-0.39, 0.29) is 18.4 Å². The molecule has 2 amide bonds. The molecular formula is C30H39N5O3. The highest BCUT2D eigenvalue weighted by atomic mass is 16.5. The van der Waals surface area contributed by atoms with Crippen molar-refractivity contribution in [1.29, 1.82) is 0 Å². The zero-order valence-corrected chi connectivity index (χ0v) is 22.1. The number of anilines is 1. The first-order chi connectivity index (χ1) is 18.7. The average Bonchev–Trinajstić information content (AvgIpc) is 3.46. The number of amides is 2. The fourth-order valence-electron chi connectivity index (χ4n) is 4.67. The van der Waals surface area contributed by atoms with E-state index in [1.807, 2.05) is 64.2 Å². The average molecular weight is 518 g/mol. The van der Waals surface area contributed by atoms with Crippen molar-refractivity contribution in [1.82, 2.24) is 20.2 Å². The molecule has 0 unspecified atom stereocenters. The van der Waals surface area contributed by atoms with Crippen LogP contribution in [-0.2, 0) is 17.9 Å². The first-order valence-electron chi connectivity index (χ1n) is 13.8. The van der Waals surface area contributed by atoms with Crippen LogP contribution in [0.15, 0.2) is 67.3 Å². The van der Waals surface area contributed by atoms with Gasteiger partial charge in [0.1, 0.15) is 5.75 Å². The molecule has 0 saturated heterocycles. The van der Waals surface area contributed by atoms with Gasteiger partial charge in [-0.2, -0.15) is 0 Å². The van der Waals surface area contributed by atoms with Crippen LogP contribution < -0.4 is 20.3 Å². The Labute approximate surface area is 225 Å². The molecule has 38 heavy (non-hydrogen) atoms. The second kappa shape index (κ2) is 14.9. The molecule has 8 heteroatoms. The third kappa shape index (κ3) is 8.45. The third-order valence-corrected chi connectivity index (χ3v) is 6.78. The molecule has 202 valence electrons. The van der Waals surface area contributed by atoms with Gasteiger partial charge < -0.3 is 24.8 Å². The number of carbonyl (C=O) groups is 2. The van der Waals surface area contributed by atoms with Crippen LogP contribution in [0.1, 0.15) is 60.9 Å². The summed E-state index contributed by atoms with van der Waals surface area (Å²) in [5.41, 5.74) is 2.41. The van der Waals surface area contributed by atoms with Gasteiger partial charge >= 0.3 is 0 Å². The van der Waals surface area contributed by atoms with Crippen molar-refractivity contribution in [2.45, 2.75) is 58.0 Å². The van der Waals surface area contributed by atoms with Crippen LogP contribution in [0.4, 0.5) is 5.69 Å². The molecule has 3 aromatic rings. The molecule has 0 spiro atoms. The Kier molecular flexibility index (Phi) is 10.8. The predicted molar refractivity (Wildman–Crippen MR) is 149 cm³/mol. The van der Waals surface area contributed by atoms with Gasteiger partial charge in [0, 0.05) is 49.8 Å². The molecule has 0 radical (unpaired) electrons. The van der Waals surface area contributed by atoms with E-state index in [0.717, 1.165) is 56.4 Å². The molecular weight excluding hydrogens is 478 g/mol. The second-order valence-electron chi connectivity index (χ2n) is 9.70. The molecule has 4 rings (SSSR count). The molecule has 0 aliphatic carbocycles. The van der Waals surface area contributed by atoms with E-state index in [1.54, 1.807) is 12.5 Å². The van der Waals surface area contributed by atoms with Crippen LogP contribution in [0, 0.1) is 0 Å². The number of nitrogens with one attached hydrogen (secondary N) is 2. The van der Waals surface area contributed by atoms with E-state index in [2.05, 4.69) is 15.6 Å². The minimum atomic E-state index is -0.0909. The van der Waals surface area contributed by atoms with Crippen LogP contribution in [0.5, 0.6) is 5.75 Å². The number of rotatable bonds is 9. The highest BCUT2D eigenvalue weighted by molar-refractivity contribution is 5.98. The summed E-state index contributed by atoms with van der Waals surface area (Å²) >= 11 is 0. The Bertz CT molecular complexity index is 1130. The number of aryl methyl sites for hydroxylation is 1. The third-order valence-electron chi connectivity index (χ3n) is 6.78. The van der Waals surface area contributed by atoms with Gasteiger partial charge in [0.05, 0.1) is 6.33 Å². The van der Waals surface area contributed by atoms with Gasteiger partial charge in [-0.25, -0.2) is 4.98 Å². The van der Waals surface area contributed by atoms with Gasteiger partial charge in [-0.1, -0.05) is 37.5 Å². The summed E-state index contributed by atoms with van der Waals surface area (Å²) in [6.45, 7) is 3.62. The number of benzene rings is 2. The lowest BCUT2D eigenvalue weighted by atomic mass is 10.0. The number of imidazole rings is 1. The number of fused-ring (bicyclic) bond motifs is 1. The van der Waals surface area contributed by atoms with E-state index in [0.29, 0.717) is 30.9 Å². The number of hydrogen-bond acceptors (Lipinski definition) is 5. The summed E-state index contributed by atoms with van der Waals surface area (Å²) in [5, 5.41) is 6.55. The molecule has 2 aromatic carbocycles. The number of aromatic nitrogens is 2. The highest BCUT2D eigenvalue weighted by Gasteiger charge is 2.21. The Balaban J connectivity index is 1.42. The summed E-state index contributed by atoms with van der Waals surface area (Å²) in [7, 11) is 0. The number of para-hydroxylation sites is 1. The number of carbonyl (C=O) groups excluding carboxylic acids is 2. The fourth-order valence-corrected chi connectivity index (χ4v) is 4.67. The van der Waals surface area contributed by atoms with Gasteiger partial charge in [0.15, 0.2) is 6.61 Å². The molecule has 2 N–H and O–H groups in total. The van der Waals surface area contributed by atoms with Crippen molar-refractivity contribution >= 4 is 17.5 Å². The van der Waals surface area contributed by atoms with Crippen LogP contribution >= 0.6 is 0 Å². The summed E-state index contributed by atoms with van der Waals surface area (Å²) in [4.78, 5) is 32.2. The normalized spacial score (nSPS) is 14.6. The zero-order valence-electron chi connectivity index (χ0n) is 22.1. The predicted octanol–water partition coefficient (Wildman–Crippen LogP) is 4.56.